The zero-order chi connectivity index (χ0) is 15.2. The molecule has 0 spiro atoms. The van der Waals surface area contributed by atoms with E-state index in [2.05, 4.69) is 10.6 Å². The first-order valence-corrected chi connectivity index (χ1v) is 7.07. The molecule has 0 atom stereocenters. The van der Waals surface area contributed by atoms with Crippen molar-refractivity contribution in [3.8, 4) is 0 Å². The topological polar surface area (TPSA) is 61.4 Å². The molecule has 1 aromatic carbocycles. The Balaban J connectivity index is 2.32. The Morgan fingerprint density at radius 2 is 1.95 bits per heavy atom. The van der Waals surface area contributed by atoms with Crippen molar-refractivity contribution in [1.29, 1.82) is 0 Å². The van der Waals surface area contributed by atoms with Crippen LogP contribution < -0.4 is 10.6 Å². The Bertz CT molecular complexity index is 456. The molecule has 3 N–H and O–H groups in total. The van der Waals surface area contributed by atoms with Gasteiger partial charge in [-0.05, 0) is 55.4 Å². The third-order valence-electron chi connectivity index (χ3n) is 3.51. The van der Waals surface area contributed by atoms with Gasteiger partial charge in [0, 0.05) is 18.8 Å². The number of anilines is 1. The van der Waals surface area contributed by atoms with Crippen LogP contribution >= 0.6 is 0 Å². The highest BCUT2D eigenvalue weighted by atomic mass is 16.3. The Hall–Kier alpha value is -1.55. The Kier molecular flexibility index (Phi) is 6.02. The summed E-state index contributed by atoms with van der Waals surface area (Å²) in [6.07, 6.45) is 1.74. The summed E-state index contributed by atoms with van der Waals surface area (Å²) in [4.78, 5) is 11.7. The molecule has 4 heteroatoms. The molecule has 0 radical (unpaired) electrons. The molecule has 0 saturated carbocycles. The number of rotatable bonds is 6. The van der Waals surface area contributed by atoms with E-state index in [1.54, 1.807) is 0 Å². The molecule has 0 saturated heterocycles. The van der Waals surface area contributed by atoms with Crippen molar-refractivity contribution in [2.24, 2.45) is 5.41 Å². The summed E-state index contributed by atoms with van der Waals surface area (Å²) in [7, 11) is 0. The first-order chi connectivity index (χ1) is 9.34. The lowest BCUT2D eigenvalue weighted by Crippen LogP contribution is -2.30. The van der Waals surface area contributed by atoms with E-state index < -0.39 is 0 Å². The molecule has 1 rings (SSSR count). The molecule has 0 aliphatic carbocycles. The van der Waals surface area contributed by atoms with Crippen LogP contribution in [0.5, 0.6) is 0 Å². The van der Waals surface area contributed by atoms with Gasteiger partial charge in [0.05, 0.1) is 0 Å². The zero-order valence-corrected chi connectivity index (χ0v) is 12.9. The molecule has 4 nitrogen and oxygen atoms in total. The van der Waals surface area contributed by atoms with Gasteiger partial charge in [-0.3, -0.25) is 0 Å². The highest BCUT2D eigenvalue weighted by Crippen LogP contribution is 2.20. The summed E-state index contributed by atoms with van der Waals surface area (Å²) < 4.78 is 0. The van der Waals surface area contributed by atoms with Crippen LogP contribution in [0.1, 0.15) is 37.8 Å². The second-order valence-electron chi connectivity index (χ2n) is 6.11. The maximum absolute atomic E-state index is 11.7. The van der Waals surface area contributed by atoms with E-state index in [1.165, 1.54) is 5.56 Å². The maximum Gasteiger partial charge on any atom is 0.319 e. The van der Waals surface area contributed by atoms with E-state index in [0.717, 1.165) is 24.1 Å². The molecule has 0 bridgehead atoms. The number of carbonyl (C=O) groups excluding carboxylic acids is 1. The van der Waals surface area contributed by atoms with E-state index in [4.69, 9.17) is 5.11 Å². The average molecular weight is 278 g/mol. The van der Waals surface area contributed by atoms with Crippen molar-refractivity contribution < 1.29 is 9.90 Å². The van der Waals surface area contributed by atoms with E-state index in [-0.39, 0.29) is 18.1 Å². The van der Waals surface area contributed by atoms with Gasteiger partial charge >= 0.3 is 6.03 Å². The fourth-order valence-electron chi connectivity index (χ4n) is 1.84. The highest BCUT2D eigenvalue weighted by molar-refractivity contribution is 5.89. The number of carbonyl (C=O) groups is 1. The average Bonchev–Trinajstić information content (AvgIpc) is 2.39. The number of benzene rings is 1. The first kappa shape index (κ1) is 16.5. The molecule has 20 heavy (non-hydrogen) atoms. The van der Waals surface area contributed by atoms with Gasteiger partial charge in [-0.2, -0.15) is 0 Å². The highest BCUT2D eigenvalue weighted by Gasteiger charge is 2.15. The normalized spacial score (nSPS) is 11.2. The van der Waals surface area contributed by atoms with E-state index in [9.17, 15) is 4.79 Å². The van der Waals surface area contributed by atoms with Crippen LogP contribution in [-0.2, 0) is 0 Å². The van der Waals surface area contributed by atoms with Crippen molar-refractivity contribution in [2.75, 3.05) is 18.5 Å². The number of nitrogens with one attached hydrogen (secondary N) is 2. The van der Waals surface area contributed by atoms with Crippen LogP contribution in [0.2, 0.25) is 0 Å². The third-order valence-corrected chi connectivity index (χ3v) is 3.51. The Morgan fingerprint density at radius 1 is 1.25 bits per heavy atom. The van der Waals surface area contributed by atoms with Crippen LogP contribution in [0.3, 0.4) is 0 Å². The lowest BCUT2D eigenvalue weighted by molar-refractivity contribution is 0.148. The minimum Gasteiger partial charge on any atom is -0.396 e. The predicted octanol–water partition coefficient (Wildman–Crippen LogP) is 3.22. The number of hydrogen-bond donors (Lipinski definition) is 3. The van der Waals surface area contributed by atoms with Gasteiger partial charge in [0.2, 0.25) is 0 Å². The van der Waals surface area contributed by atoms with Crippen molar-refractivity contribution in [2.45, 2.75) is 40.5 Å². The fraction of sp³-hybridized carbons (Fsp3) is 0.562. The summed E-state index contributed by atoms with van der Waals surface area (Å²) in [5, 5.41) is 14.8. The molecule has 2 amide bonds. The van der Waals surface area contributed by atoms with Crippen LogP contribution in [0.25, 0.3) is 0 Å². The molecule has 0 aromatic heterocycles. The molecule has 1 aromatic rings. The van der Waals surface area contributed by atoms with Crippen molar-refractivity contribution >= 4 is 11.7 Å². The lowest BCUT2D eigenvalue weighted by Gasteiger charge is -2.21. The van der Waals surface area contributed by atoms with Gasteiger partial charge in [0.1, 0.15) is 0 Å². The van der Waals surface area contributed by atoms with Crippen molar-refractivity contribution in [3.63, 3.8) is 0 Å². The monoisotopic (exact) mass is 278 g/mol. The summed E-state index contributed by atoms with van der Waals surface area (Å²) in [5.74, 6) is 0. The smallest absolute Gasteiger partial charge is 0.319 e. The number of urea groups is 1. The number of aliphatic hydroxyl groups is 1. The van der Waals surface area contributed by atoms with Gasteiger partial charge in [-0.15, -0.1) is 0 Å². The summed E-state index contributed by atoms with van der Waals surface area (Å²) in [6, 6.07) is 5.67. The van der Waals surface area contributed by atoms with Crippen LogP contribution in [-0.4, -0.2) is 24.3 Å². The van der Waals surface area contributed by atoms with Crippen molar-refractivity contribution in [1.82, 2.24) is 5.32 Å². The van der Waals surface area contributed by atoms with E-state index >= 15 is 0 Å². The van der Waals surface area contributed by atoms with Crippen LogP contribution in [0, 0.1) is 19.3 Å². The molecule has 0 unspecified atom stereocenters. The molecular weight excluding hydrogens is 252 g/mol. The molecule has 0 aliphatic rings. The summed E-state index contributed by atoms with van der Waals surface area (Å²) >= 11 is 0. The standard InChI is InChI=1S/C16H26N2O2/c1-12-6-7-14(10-13(12)2)18-15(20)17-9-5-8-16(3,4)11-19/h6-7,10,19H,5,8-9,11H2,1-4H3,(H2,17,18,20). The fourth-order valence-corrected chi connectivity index (χ4v) is 1.84. The second kappa shape index (κ2) is 7.29. The number of hydrogen-bond acceptors (Lipinski definition) is 2. The molecule has 0 aliphatic heterocycles. The summed E-state index contributed by atoms with van der Waals surface area (Å²) in [6.45, 7) is 8.88. The Morgan fingerprint density at radius 3 is 2.55 bits per heavy atom. The molecule has 0 fully saturated rings. The third kappa shape index (κ3) is 5.61. The van der Waals surface area contributed by atoms with Crippen LogP contribution in [0.4, 0.5) is 10.5 Å². The Labute approximate surface area is 121 Å². The van der Waals surface area contributed by atoms with Crippen LogP contribution in [0.15, 0.2) is 18.2 Å². The van der Waals surface area contributed by atoms with Gasteiger partial charge in [-0.1, -0.05) is 19.9 Å². The maximum atomic E-state index is 11.7. The second-order valence-corrected chi connectivity index (χ2v) is 6.11. The molecule has 112 valence electrons. The first-order valence-electron chi connectivity index (χ1n) is 7.07. The zero-order valence-electron chi connectivity index (χ0n) is 12.9. The van der Waals surface area contributed by atoms with Crippen molar-refractivity contribution in [3.05, 3.63) is 29.3 Å². The SMILES string of the molecule is Cc1ccc(NC(=O)NCCCC(C)(C)CO)cc1C. The van der Waals surface area contributed by atoms with Gasteiger partial charge in [0.25, 0.3) is 0 Å². The number of aliphatic hydroxyl groups excluding tert-OH is 1. The largest absolute Gasteiger partial charge is 0.396 e. The minimum absolute atomic E-state index is 0.0772. The molecule has 0 heterocycles. The predicted molar refractivity (Wildman–Crippen MR) is 83.0 cm³/mol. The van der Waals surface area contributed by atoms with E-state index in [0.29, 0.717) is 6.54 Å². The number of aryl methyl sites for hydroxylation is 2. The van der Waals surface area contributed by atoms with Gasteiger partial charge in [0.15, 0.2) is 0 Å². The van der Waals surface area contributed by atoms with Gasteiger partial charge in [-0.25, -0.2) is 4.79 Å². The quantitative estimate of drug-likeness (QED) is 0.700. The van der Waals surface area contributed by atoms with Gasteiger partial charge < -0.3 is 15.7 Å². The molecular formula is C16H26N2O2. The summed E-state index contributed by atoms with van der Waals surface area (Å²) in [5.41, 5.74) is 3.10. The number of amides is 2. The van der Waals surface area contributed by atoms with E-state index in [1.807, 2.05) is 45.9 Å². The minimum atomic E-state index is -0.185. The lowest BCUT2D eigenvalue weighted by atomic mass is 9.89.